The molecule has 0 saturated heterocycles. The van der Waals surface area contributed by atoms with E-state index in [4.69, 9.17) is 23.2 Å². The van der Waals surface area contributed by atoms with Crippen LogP contribution in [0.25, 0.3) is 0 Å². The zero-order valence-corrected chi connectivity index (χ0v) is 23.9. The number of amides is 2. The Morgan fingerprint density at radius 3 is 2.20 bits per heavy atom. The molecule has 0 unspecified atom stereocenters. The van der Waals surface area contributed by atoms with Crippen LogP contribution in [0, 0.1) is 6.92 Å². The molecule has 4 aromatic rings. The smallest absolute Gasteiger partial charge is 0.264 e. The Labute approximate surface area is 243 Å². The highest BCUT2D eigenvalue weighted by Crippen LogP contribution is 2.30. The van der Waals surface area contributed by atoms with E-state index in [9.17, 15) is 18.0 Å². The van der Waals surface area contributed by atoms with Crippen molar-refractivity contribution < 1.29 is 18.0 Å². The second-order valence-corrected chi connectivity index (χ2v) is 11.7. The molecular weight excluding hydrogens is 569 g/mol. The second kappa shape index (κ2) is 13.0. The van der Waals surface area contributed by atoms with Crippen LogP contribution in [0.1, 0.15) is 21.5 Å². The van der Waals surface area contributed by atoms with E-state index in [1.165, 1.54) is 30.3 Å². The Hall–Kier alpha value is -3.85. The fourth-order valence-electron chi connectivity index (χ4n) is 3.96. The summed E-state index contributed by atoms with van der Waals surface area (Å²) in [7, 11) is -4.16. The third-order valence-electron chi connectivity index (χ3n) is 6.08. The predicted molar refractivity (Wildman–Crippen MR) is 160 cm³/mol. The molecule has 0 radical (unpaired) electrons. The normalized spacial score (nSPS) is 11.1. The third kappa shape index (κ3) is 7.21. The number of carbonyl (C=O) groups excluding carboxylic acids is 2. The van der Waals surface area contributed by atoms with Gasteiger partial charge in [-0.3, -0.25) is 13.9 Å². The minimum Gasteiger partial charge on any atom is -0.352 e. The number of rotatable bonds is 10. The van der Waals surface area contributed by atoms with E-state index < -0.39 is 22.5 Å². The van der Waals surface area contributed by atoms with Gasteiger partial charge in [0, 0.05) is 6.54 Å². The van der Waals surface area contributed by atoms with E-state index in [-0.39, 0.29) is 37.8 Å². The zero-order valence-electron chi connectivity index (χ0n) is 21.6. The van der Waals surface area contributed by atoms with Gasteiger partial charge in [0.25, 0.3) is 15.9 Å². The molecule has 0 spiro atoms. The molecular formula is C30H27Cl2N3O4S. The summed E-state index contributed by atoms with van der Waals surface area (Å²) < 4.78 is 28.2. The van der Waals surface area contributed by atoms with Crippen LogP contribution in [-0.4, -0.2) is 33.3 Å². The minimum absolute atomic E-state index is 0.00941. The van der Waals surface area contributed by atoms with Crippen LogP contribution in [-0.2, 0) is 21.2 Å². The average molecular weight is 597 g/mol. The number of halogens is 2. The van der Waals surface area contributed by atoms with Crippen molar-refractivity contribution in [2.24, 2.45) is 0 Å². The molecule has 2 amide bonds. The Morgan fingerprint density at radius 2 is 1.50 bits per heavy atom. The number of benzene rings is 4. The number of nitrogens with one attached hydrogen (secondary N) is 2. The Morgan fingerprint density at radius 1 is 0.825 bits per heavy atom. The molecule has 4 rings (SSSR count). The van der Waals surface area contributed by atoms with Crippen LogP contribution in [0.5, 0.6) is 0 Å². The molecule has 0 atom stereocenters. The van der Waals surface area contributed by atoms with Crippen molar-refractivity contribution in [3.8, 4) is 0 Å². The van der Waals surface area contributed by atoms with Crippen molar-refractivity contribution in [2.75, 3.05) is 22.7 Å². The largest absolute Gasteiger partial charge is 0.352 e. The monoisotopic (exact) mass is 595 g/mol. The van der Waals surface area contributed by atoms with E-state index in [1.54, 1.807) is 36.4 Å². The standard InChI is InChI=1S/C30H27Cl2N3O4S/c1-21-11-14-24(15-12-21)40(38,39)35(23-13-16-26(31)27(32)19-23)20-29(36)34-28-10-6-5-9-25(28)30(37)33-18-17-22-7-3-2-4-8-22/h2-16,19H,17-18,20H2,1H3,(H,33,37)(H,34,36). The van der Waals surface area contributed by atoms with Crippen LogP contribution in [0.2, 0.25) is 10.0 Å². The van der Waals surface area contributed by atoms with Crippen molar-refractivity contribution in [2.45, 2.75) is 18.2 Å². The fraction of sp³-hybridized carbons (Fsp3) is 0.133. The molecule has 0 aliphatic rings. The van der Waals surface area contributed by atoms with E-state index in [0.717, 1.165) is 15.4 Å². The molecule has 4 aromatic carbocycles. The van der Waals surface area contributed by atoms with Gasteiger partial charge in [-0.15, -0.1) is 0 Å². The zero-order chi connectivity index (χ0) is 28.7. The van der Waals surface area contributed by atoms with E-state index in [0.29, 0.717) is 13.0 Å². The first-order valence-electron chi connectivity index (χ1n) is 12.4. The second-order valence-electron chi connectivity index (χ2n) is 9.01. The van der Waals surface area contributed by atoms with Gasteiger partial charge in [-0.05, 0) is 61.4 Å². The highest BCUT2D eigenvalue weighted by molar-refractivity contribution is 7.92. The number of aryl methyl sites for hydroxylation is 1. The van der Waals surface area contributed by atoms with Crippen LogP contribution in [0.3, 0.4) is 0 Å². The van der Waals surface area contributed by atoms with Crippen molar-refractivity contribution in [3.63, 3.8) is 0 Å². The maximum atomic E-state index is 13.6. The Kier molecular flexibility index (Phi) is 9.47. The van der Waals surface area contributed by atoms with Crippen molar-refractivity contribution >= 4 is 56.4 Å². The highest BCUT2D eigenvalue weighted by Gasteiger charge is 2.28. The lowest BCUT2D eigenvalue weighted by Gasteiger charge is -2.25. The van der Waals surface area contributed by atoms with Crippen molar-refractivity contribution in [1.29, 1.82) is 0 Å². The van der Waals surface area contributed by atoms with Gasteiger partial charge in [-0.1, -0.05) is 83.4 Å². The van der Waals surface area contributed by atoms with Crippen molar-refractivity contribution in [1.82, 2.24) is 5.32 Å². The molecule has 0 bridgehead atoms. The summed E-state index contributed by atoms with van der Waals surface area (Å²) in [5.74, 6) is -1.01. The molecule has 7 nitrogen and oxygen atoms in total. The summed E-state index contributed by atoms with van der Waals surface area (Å²) in [5.41, 5.74) is 2.65. The van der Waals surface area contributed by atoms with Gasteiger partial charge in [-0.2, -0.15) is 0 Å². The topological polar surface area (TPSA) is 95.6 Å². The lowest BCUT2D eigenvalue weighted by Crippen LogP contribution is -2.38. The lowest BCUT2D eigenvalue weighted by atomic mass is 10.1. The quantitative estimate of drug-likeness (QED) is 0.231. The van der Waals surface area contributed by atoms with Gasteiger partial charge in [0.1, 0.15) is 6.54 Å². The molecule has 0 saturated carbocycles. The lowest BCUT2D eigenvalue weighted by molar-refractivity contribution is -0.114. The van der Waals surface area contributed by atoms with Gasteiger partial charge in [-0.25, -0.2) is 8.42 Å². The maximum absolute atomic E-state index is 13.6. The Bertz CT molecular complexity index is 1610. The maximum Gasteiger partial charge on any atom is 0.264 e. The molecule has 0 aromatic heterocycles. The number of nitrogens with zero attached hydrogens (tertiary/aromatic N) is 1. The molecule has 2 N–H and O–H groups in total. The van der Waals surface area contributed by atoms with Gasteiger partial charge < -0.3 is 10.6 Å². The highest BCUT2D eigenvalue weighted by atomic mass is 35.5. The first-order valence-corrected chi connectivity index (χ1v) is 14.6. The van der Waals surface area contributed by atoms with Crippen LogP contribution < -0.4 is 14.9 Å². The average Bonchev–Trinajstić information content (AvgIpc) is 2.94. The van der Waals surface area contributed by atoms with Crippen LogP contribution in [0.15, 0.2) is 102 Å². The number of carbonyl (C=O) groups is 2. The molecule has 0 heterocycles. The number of para-hydroxylation sites is 1. The number of anilines is 2. The molecule has 0 aliphatic carbocycles. The number of sulfonamides is 1. The summed E-state index contributed by atoms with van der Waals surface area (Å²) in [6.07, 6.45) is 0.649. The van der Waals surface area contributed by atoms with Gasteiger partial charge in [0.05, 0.1) is 31.9 Å². The van der Waals surface area contributed by atoms with Gasteiger partial charge >= 0.3 is 0 Å². The summed E-state index contributed by atoms with van der Waals surface area (Å²) in [5, 5.41) is 5.94. The summed E-state index contributed by atoms with van der Waals surface area (Å²) >= 11 is 12.2. The van der Waals surface area contributed by atoms with E-state index >= 15 is 0 Å². The van der Waals surface area contributed by atoms with Crippen molar-refractivity contribution in [3.05, 3.63) is 124 Å². The SMILES string of the molecule is Cc1ccc(S(=O)(=O)N(CC(=O)Nc2ccccc2C(=O)NCCc2ccccc2)c2ccc(Cl)c(Cl)c2)cc1. The van der Waals surface area contributed by atoms with E-state index in [2.05, 4.69) is 10.6 Å². The van der Waals surface area contributed by atoms with Gasteiger partial charge in [0.15, 0.2) is 0 Å². The minimum atomic E-state index is -4.16. The number of hydrogen-bond donors (Lipinski definition) is 2. The molecule has 40 heavy (non-hydrogen) atoms. The first kappa shape index (κ1) is 29.1. The molecule has 206 valence electrons. The summed E-state index contributed by atoms with van der Waals surface area (Å²) in [6.45, 7) is 1.68. The van der Waals surface area contributed by atoms with Crippen LogP contribution >= 0.6 is 23.2 Å². The molecule has 10 heteroatoms. The Balaban J connectivity index is 1.54. The summed E-state index contributed by atoms with van der Waals surface area (Å²) in [4.78, 5) is 26.2. The van der Waals surface area contributed by atoms with E-state index in [1.807, 2.05) is 37.3 Å². The first-order chi connectivity index (χ1) is 19.1. The fourth-order valence-corrected chi connectivity index (χ4v) is 5.67. The van der Waals surface area contributed by atoms with Crippen LogP contribution in [0.4, 0.5) is 11.4 Å². The predicted octanol–water partition coefficient (Wildman–Crippen LogP) is 6.11. The summed E-state index contributed by atoms with van der Waals surface area (Å²) in [6, 6.07) is 26.9. The third-order valence-corrected chi connectivity index (χ3v) is 8.60. The number of hydrogen-bond acceptors (Lipinski definition) is 4. The molecule has 0 aliphatic heterocycles. The van der Waals surface area contributed by atoms with Gasteiger partial charge in [0.2, 0.25) is 5.91 Å². The molecule has 0 fully saturated rings.